The van der Waals surface area contributed by atoms with Gasteiger partial charge in [-0.1, -0.05) is 0 Å². The van der Waals surface area contributed by atoms with E-state index in [0.29, 0.717) is 18.9 Å². The number of amides is 1. The number of hydrogen-bond acceptors (Lipinski definition) is 4. The number of rotatable bonds is 7. The largest absolute Gasteiger partial charge is 0.492 e. The van der Waals surface area contributed by atoms with E-state index in [2.05, 4.69) is 10.4 Å². The molecule has 0 aliphatic carbocycles. The lowest BCUT2D eigenvalue weighted by molar-refractivity contribution is -0.120. The predicted molar refractivity (Wildman–Crippen MR) is 95.3 cm³/mol. The molecule has 0 aliphatic rings. The van der Waals surface area contributed by atoms with E-state index < -0.39 is 0 Å². The molecule has 7 heteroatoms. The third kappa shape index (κ3) is 4.79. The lowest BCUT2D eigenvalue weighted by Gasteiger charge is -2.24. The molecule has 0 fully saturated rings. The molecule has 136 valence electrons. The average Bonchev–Trinajstić information content (AvgIpc) is 2.82. The summed E-state index contributed by atoms with van der Waals surface area (Å²) in [5.74, 6) is 0.216. The van der Waals surface area contributed by atoms with E-state index in [4.69, 9.17) is 4.74 Å². The Bertz CT molecular complexity index is 727. The molecule has 0 saturated carbocycles. The van der Waals surface area contributed by atoms with Crippen LogP contribution in [0.2, 0.25) is 0 Å². The molecule has 0 saturated heterocycles. The number of halogens is 1. The summed E-state index contributed by atoms with van der Waals surface area (Å²) in [6.45, 7) is 6.60. The highest BCUT2D eigenvalue weighted by atomic mass is 19.1. The zero-order chi connectivity index (χ0) is 18.6. The number of likely N-dealkylation sites (N-methyl/N-ethyl adjacent to an activating group) is 1. The van der Waals surface area contributed by atoms with Gasteiger partial charge in [0.1, 0.15) is 18.2 Å². The molecule has 0 radical (unpaired) electrons. The van der Waals surface area contributed by atoms with E-state index in [0.717, 1.165) is 17.1 Å². The number of hydrogen-bond donors (Lipinski definition) is 1. The summed E-state index contributed by atoms with van der Waals surface area (Å²) in [7, 11) is 3.71. The molecule has 1 amide bonds. The van der Waals surface area contributed by atoms with Crippen LogP contribution in [0.15, 0.2) is 24.3 Å². The fourth-order valence-corrected chi connectivity index (χ4v) is 2.41. The quantitative estimate of drug-likeness (QED) is 0.835. The van der Waals surface area contributed by atoms with E-state index in [9.17, 15) is 9.18 Å². The Balaban J connectivity index is 1.85. The van der Waals surface area contributed by atoms with Crippen LogP contribution in [0.4, 0.5) is 10.1 Å². The number of nitrogens with one attached hydrogen (secondary N) is 1. The summed E-state index contributed by atoms with van der Waals surface area (Å²) < 4.78 is 20.2. The topological polar surface area (TPSA) is 59.4 Å². The van der Waals surface area contributed by atoms with Crippen LogP contribution in [0.3, 0.4) is 0 Å². The number of carbonyl (C=O) groups is 1. The molecule has 1 N–H and O–H groups in total. The van der Waals surface area contributed by atoms with Gasteiger partial charge < -0.3 is 10.1 Å². The second-order valence-corrected chi connectivity index (χ2v) is 6.12. The Morgan fingerprint density at radius 3 is 2.56 bits per heavy atom. The van der Waals surface area contributed by atoms with Crippen molar-refractivity contribution in [3.8, 4) is 5.75 Å². The van der Waals surface area contributed by atoms with Crippen molar-refractivity contribution in [1.29, 1.82) is 0 Å². The smallest absolute Gasteiger partial charge is 0.241 e. The van der Waals surface area contributed by atoms with Gasteiger partial charge in [-0.15, -0.1) is 0 Å². The molecule has 0 aliphatic heterocycles. The van der Waals surface area contributed by atoms with E-state index in [1.54, 1.807) is 16.8 Å². The van der Waals surface area contributed by atoms with Crippen LogP contribution in [0.1, 0.15) is 18.3 Å². The van der Waals surface area contributed by atoms with Crippen molar-refractivity contribution in [1.82, 2.24) is 14.7 Å². The van der Waals surface area contributed by atoms with Gasteiger partial charge in [0, 0.05) is 13.6 Å². The van der Waals surface area contributed by atoms with Gasteiger partial charge in [0.2, 0.25) is 5.91 Å². The number of nitrogens with zero attached hydrogens (tertiary/aromatic N) is 3. The minimum atomic E-state index is -0.323. The molecule has 1 aromatic heterocycles. The average molecular weight is 348 g/mol. The molecular weight excluding hydrogens is 323 g/mol. The molecule has 1 atom stereocenters. The Morgan fingerprint density at radius 2 is 2.00 bits per heavy atom. The number of aromatic nitrogens is 2. The van der Waals surface area contributed by atoms with Crippen LogP contribution < -0.4 is 10.1 Å². The van der Waals surface area contributed by atoms with Crippen molar-refractivity contribution < 1.29 is 13.9 Å². The van der Waals surface area contributed by atoms with Crippen molar-refractivity contribution in [2.24, 2.45) is 7.05 Å². The highest BCUT2D eigenvalue weighted by Gasteiger charge is 2.20. The van der Waals surface area contributed by atoms with Crippen LogP contribution in [-0.4, -0.2) is 46.8 Å². The Morgan fingerprint density at radius 1 is 1.36 bits per heavy atom. The maximum Gasteiger partial charge on any atom is 0.241 e. The summed E-state index contributed by atoms with van der Waals surface area (Å²) in [4.78, 5) is 14.4. The molecule has 1 heterocycles. The molecule has 1 aromatic carbocycles. The highest BCUT2D eigenvalue weighted by molar-refractivity contribution is 5.95. The van der Waals surface area contributed by atoms with E-state index in [1.165, 1.54) is 12.1 Å². The van der Waals surface area contributed by atoms with Gasteiger partial charge in [-0.2, -0.15) is 5.10 Å². The highest BCUT2D eigenvalue weighted by Crippen LogP contribution is 2.19. The van der Waals surface area contributed by atoms with Crippen molar-refractivity contribution in [2.75, 3.05) is 25.5 Å². The number of aryl methyl sites for hydroxylation is 2. The molecule has 25 heavy (non-hydrogen) atoms. The second-order valence-electron chi connectivity index (χ2n) is 6.12. The first kappa shape index (κ1) is 18.9. The molecule has 0 unspecified atom stereocenters. The van der Waals surface area contributed by atoms with Crippen LogP contribution in [0.25, 0.3) is 0 Å². The minimum absolute atomic E-state index is 0.0940. The van der Waals surface area contributed by atoms with Gasteiger partial charge in [-0.3, -0.25) is 14.4 Å². The van der Waals surface area contributed by atoms with E-state index >= 15 is 0 Å². The molecule has 2 aromatic rings. The number of carbonyl (C=O) groups excluding carboxylic acids is 1. The summed E-state index contributed by atoms with van der Waals surface area (Å²) >= 11 is 0. The third-order valence-corrected chi connectivity index (χ3v) is 4.32. The Labute approximate surface area is 147 Å². The van der Waals surface area contributed by atoms with Crippen molar-refractivity contribution in [2.45, 2.75) is 26.8 Å². The van der Waals surface area contributed by atoms with Crippen LogP contribution in [0, 0.1) is 19.7 Å². The predicted octanol–water partition coefficient (Wildman–Crippen LogP) is 2.51. The van der Waals surface area contributed by atoms with E-state index in [-0.39, 0.29) is 17.8 Å². The normalized spacial score (nSPS) is 12.3. The number of anilines is 1. The second kappa shape index (κ2) is 8.11. The molecular formula is C18H25FN4O2. The van der Waals surface area contributed by atoms with Gasteiger partial charge >= 0.3 is 0 Å². The Kier molecular flexibility index (Phi) is 6.14. The fraction of sp³-hybridized carbons (Fsp3) is 0.444. The third-order valence-electron chi connectivity index (χ3n) is 4.32. The number of benzene rings is 1. The molecule has 2 rings (SSSR count). The first-order valence-corrected chi connectivity index (χ1v) is 8.19. The van der Waals surface area contributed by atoms with Gasteiger partial charge in [0.15, 0.2) is 0 Å². The first-order chi connectivity index (χ1) is 11.8. The first-order valence-electron chi connectivity index (χ1n) is 8.19. The van der Waals surface area contributed by atoms with Gasteiger partial charge in [0.25, 0.3) is 0 Å². The zero-order valence-corrected chi connectivity index (χ0v) is 15.3. The van der Waals surface area contributed by atoms with Crippen molar-refractivity contribution >= 4 is 11.6 Å². The zero-order valence-electron chi connectivity index (χ0n) is 15.3. The van der Waals surface area contributed by atoms with Crippen LogP contribution in [-0.2, 0) is 11.8 Å². The molecule has 0 spiro atoms. The summed E-state index contributed by atoms with van der Waals surface area (Å²) in [5, 5.41) is 7.25. The monoisotopic (exact) mass is 348 g/mol. The lowest BCUT2D eigenvalue weighted by Crippen LogP contribution is -2.41. The summed E-state index contributed by atoms with van der Waals surface area (Å²) in [5.41, 5.74) is 2.47. The van der Waals surface area contributed by atoms with Gasteiger partial charge in [-0.25, -0.2) is 4.39 Å². The summed E-state index contributed by atoms with van der Waals surface area (Å²) in [6, 6.07) is 5.55. The fourth-order valence-electron chi connectivity index (χ4n) is 2.41. The maximum atomic E-state index is 12.9. The molecule has 0 bridgehead atoms. The summed E-state index contributed by atoms with van der Waals surface area (Å²) in [6.07, 6.45) is 0. The molecule has 6 nitrogen and oxygen atoms in total. The van der Waals surface area contributed by atoms with Crippen molar-refractivity contribution in [3.63, 3.8) is 0 Å². The van der Waals surface area contributed by atoms with Crippen LogP contribution in [0.5, 0.6) is 5.75 Å². The lowest BCUT2D eigenvalue weighted by atomic mass is 10.2. The van der Waals surface area contributed by atoms with Crippen LogP contribution >= 0.6 is 0 Å². The minimum Gasteiger partial charge on any atom is -0.492 e. The van der Waals surface area contributed by atoms with Gasteiger partial charge in [0.05, 0.1) is 23.1 Å². The van der Waals surface area contributed by atoms with E-state index in [1.807, 2.05) is 39.8 Å². The standard InChI is InChI=1S/C18H25FN4O2/c1-12-17(13(2)23(5)21-12)20-18(24)14(3)22(4)10-11-25-16-8-6-15(19)7-9-16/h6-9,14H,10-11H2,1-5H3,(H,20,24)/t14-/m0/s1. The maximum absolute atomic E-state index is 12.9. The Hall–Kier alpha value is -2.41. The number of ether oxygens (including phenoxy) is 1. The van der Waals surface area contributed by atoms with Gasteiger partial charge in [-0.05, 0) is 52.1 Å². The van der Waals surface area contributed by atoms with Crippen molar-refractivity contribution in [3.05, 3.63) is 41.5 Å². The SMILES string of the molecule is Cc1nn(C)c(C)c1NC(=O)[C@H](C)N(C)CCOc1ccc(F)cc1.